The van der Waals surface area contributed by atoms with Gasteiger partial charge in [-0.05, 0) is 60.5 Å². The molecule has 1 unspecified atom stereocenters. The number of hydrogen-bond acceptors (Lipinski definition) is 6. The third kappa shape index (κ3) is 3.43. The summed E-state index contributed by atoms with van der Waals surface area (Å²) in [7, 11) is 1.31. The normalized spacial score (nSPS) is 15.1. The predicted molar refractivity (Wildman–Crippen MR) is 126 cm³/mol. The van der Waals surface area contributed by atoms with Crippen LogP contribution in [0.25, 0.3) is 11.0 Å². The minimum absolute atomic E-state index is 0.0137. The number of methoxy groups -OCH3 is 1. The van der Waals surface area contributed by atoms with E-state index in [-0.39, 0.29) is 16.8 Å². The molecule has 2 aromatic carbocycles. The highest BCUT2D eigenvalue weighted by Crippen LogP contribution is 2.40. The van der Waals surface area contributed by atoms with E-state index in [1.54, 1.807) is 54.7 Å². The Kier molecular flexibility index (Phi) is 5.09. The molecule has 5 rings (SSSR count). The van der Waals surface area contributed by atoms with Gasteiger partial charge in [0.1, 0.15) is 11.4 Å². The second kappa shape index (κ2) is 7.97. The molecule has 0 radical (unpaired) electrons. The number of carbonyl (C=O) groups excluding carboxylic acids is 2. The van der Waals surface area contributed by atoms with Crippen molar-refractivity contribution in [2.75, 3.05) is 12.0 Å². The molecule has 3 heterocycles. The average Bonchev–Trinajstić information content (AvgIpc) is 3.11. The summed E-state index contributed by atoms with van der Waals surface area (Å²) in [6.45, 7) is 1.90. The van der Waals surface area contributed by atoms with Crippen LogP contribution in [0.4, 0.5) is 5.82 Å². The van der Waals surface area contributed by atoms with Crippen molar-refractivity contribution in [2.24, 2.45) is 0 Å². The van der Waals surface area contributed by atoms with Crippen LogP contribution < -0.4 is 10.3 Å². The van der Waals surface area contributed by atoms with Crippen LogP contribution in [0.3, 0.4) is 0 Å². The Morgan fingerprint density at radius 3 is 2.55 bits per heavy atom. The van der Waals surface area contributed by atoms with Crippen LogP contribution in [-0.4, -0.2) is 24.0 Å². The number of esters is 1. The van der Waals surface area contributed by atoms with Crippen molar-refractivity contribution >= 4 is 44.6 Å². The van der Waals surface area contributed by atoms with Crippen molar-refractivity contribution in [3.05, 3.63) is 104 Å². The van der Waals surface area contributed by atoms with Crippen molar-refractivity contribution < 1.29 is 18.7 Å². The molecule has 8 heteroatoms. The quantitative estimate of drug-likeness (QED) is 0.372. The molecular formula is C25H17BrN2O5. The number of aromatic nitrogens is 1. The molecule has 1 atom stereocenters. The SMILES string of the molecule is COC(=O)c1ccc(C2c3c(oc4ccc(Br)cc4c3=O)C(=O)N2c2cc(C)ccn2)cc1. The predicted octanol–water partition coefficient (Wildman–Crippen LogP) is 4.80. The highest BCUT2D eigenvalue weighted by Gasteiger charge is 2.44. The summed E-state index contributed by atoms with van der Waals surface area (Å²) in [4.78, 5) is 44.9. The Morgan fingerprint density at radius 2 is 1.85 bits per heavy atom. The number of pyridine rings is 1. The molecule has 0 bridgehead atoms. The van der Waals surface area contributed by atoms with Gasteiger partial charge in [-0.1, -0.05) is 28.1 Å². The topological polar surface area (TPSA) is 89.7 Å². The van der Waals surface area contributed by atoms with Gasteiger partial charge in [0, 0.05) is 10.7 Å². The van der Waals surface area contributed by atoms with Gasteiger partial charge in [-0.3, -0.25) is 14.5 Å². The number of halogens is 1. The van der Waals surface area contributed by atoms with Crippen molar-refractivity contribution in [2.45, 2.75) is 13.0 Å². The molecule has 2 aromatic heterocycles. The lowest BCUT2D eigenvalue weighted by Gasteiger charge is -2.24. The Labute approximate surface area is 196 Å². The van der Waals surface area contributed by atoms with Gasteiger partial charge >= 0.3 is 5.97 Å². The van der Waals surface area contributed by atoms with Crippen LogP contribution in [0, 0.1) is 6.92 Å². The maximum Gasteiger partial charge on any atom is 0.337 e. The fraction of sp³-hybridized carbons (Fsp3) is 0.120. The number of hydrogen-bond donors (Lipinski definition) is 0. The van der Waals surface area contributed by atoms with Crippen LogP contribution in [0.1, 0.15) is 43.6 Å². The number of fused-ring (bicyclic) bond motifs is 2. The molecule has 164 valence electrons. The maximum atomic E-state index is 13.6. The van der Waals surface area contributed by atoms with Crippen LogP contribution in [-0.2, 0) is 4.74 Å². The van der Waals surface area contributed by atoms with Gasteiger partial charge in [0.2, 0.25) is 5.76 Å². The highest BCUT2D eigenvalue weighted by atomic mass is 79.9. The van der Waals surface area contributed by atoms with E-state index in [1.807, 2.05) is 13.0 Å². The van der Waals surface area contributed by atoms with Gasteiger partial charge in [0.05, 0.1) is 29.7 Å². The largest absolute Gasteiger partial charge is 0.465 e. The van der Waals surface area contributed by atoms with Gasteiger partial charge in [0.15, 0.2) is 5.43 Å². The first-order chi connectivity index (χ1) is 15.9. The number of amides is 1. The van der Waals surface area contributed by atoms with Crippen molar-refractivity contribution in [1.82, 2.24) is 4.98 Å². The van der Waals surface area contributed by atoms with Crippen LogP contribution in [0.5, 0.6) is 0 Å². The van der Waals surface area contributed by atoms with E-state index in [9.17, 15) is 14.4 Å². The average molecular weight is 505 g/mol. The number of anilines is 1. The van der Waals surface area contributed by atoms with E-state index in [4.69, 9.17) is 9.15 Å². The summed E-state index contributed by atoms with van der Waals surface area (Å²) in [6, 6.07) is 14.5. The van der Waals surface area contributed by atoms with Crippen LogP contribution in [0.15, 0.2) is 74.5 Å². The zero-order valence-corrected chi connectivity index (χ0v) is 19.3. The van der Waals surface area contributed by atoms with Gasteiger partial charge in [-0.25, -0.2) is 9.78 Å². The molecule has 0 fully saturated rings. The van der Waals surface area contributed by atoms with Gasteiger partial charge in [0.25, 0.3) is 5.91 Å². The van der Waals surface area contributed by atoms with E-state index in [1.165, 1.54) is 12.0 Å². The minimum atomic E-state index is -0.770. The molecule has 4 aromatic rings. The van der Waals surface area contributed by atoms with Crippen LogP contribution in [0.2, 0.25) is 0 Å². The zero-order chi connectivity index (χ0) is 23.3. The molecular weight excluding hydrogens is 488 g/mol. The van der Waals surface area contributed by atoms with E-state index >= 15 is 0 Å². The Balaban J connectivity index is 1.77. The Hall–Kier alpha value is -3.78. The number of aryl methyl sites for hydroxylation is 1. The number of rotatable bonds is 3. The first-order valence-electron chi connectivity index (χ1n) is 10.1. The van der Waals surface area contributed by atoms with Gasteiger partial charge in [-0.2, -0.15) is 0 Å². The van der Waals surface area contributed by atoms with Gasteiger partial charge < -0.3 is 9.15 Å². The standard InChI is InChI=1S/C25H17BrN2O5/c1-13-9-10-27-19(11-13)28-21(14-3-5-15(6-4-14)25(31)32-2)20-22(29)17-12-16(26)7-8-18(17)33-23(20)24(28)30/h3-12,21H,1-2H3. The van der Waals surface area contributed by atoms with Crippen LogP contribution >= 0.6 is 15.9 Å². The van der Waals surface area contributed by atoms with Crippen molar-refractivity contribution in [3.8, 4) is 0 Å². The molecule has 0 aliphatic carbocycles. The first kappa shape index (κ1) is 21.1. The third-order valence-corrected chi connectivity index (χ3v) is 6.12. The minimum Gasteiger partial charge on any atom is -0.465 e. The summed E-state index contributed by atoms with van der Waals surface area (Å²) < 4.78 is 11.5. The number of nitrogens with zero attached hydrogens (tertiary/aromatic N) is 2. The molecule has 1 amide bonds. The maximum absolute atomic E-state index is 13.6. The molecule has 33 heavy (non-hydrogen) atoms. The zero-order valence-electron chi connectivity index (χ0n) is 17.7. The number of carbonyl (C=O) groups is 2. The smallest absolute Gasteiger partial charge is 0.337 e. The van der Waals surface area contributed by atoms with Crippen molar-refractivity contribution in [1.29, 1.82) is 0 Å². The first-order valence-corrected chi connectivity index (χ1v) is 10.9. The second-order valence-corrected chi connectivity index (χ2v) is 8.61. The molecule has 0 spiro atoms. The Bertz CT molecular complexity index is 1490. The lowest BCUT2D eigenvalue weighted by Crippen LogP contribution is -2.30. The van der Waals surface area contributed by atoms with Gasteiger partial charge in [-0.15, -0.1) is 0 Å². The summed E-state index contributed by atoms with van der Waals surface area (Å²) in [5.74, 6) is -0.540. The molecule has 1 aliphatic heterocycles. The molecule has 0 saturated heterocycles. The monoisotopic (exact) mass is 504 g/mol. The summed E-state index contributed by atoms with van der Waals surface area (Å²) in [5, 5.41) is 0.367. The lowest BCUT2D eigenvalue weighted by molar-refractivity contribution is 0.0600. The van der Waals surface area contributed by atoms with E-state index in [0.29, 0.717) is 27.9 Å². The number of benzene rings is 2. The highest BCUT2D eigenvalue weighted by molar-refractivity contribution is 9.10. The number of ether oxygens (including phenoxy) is 1. The molecule has 1 aliphatic rings. The van der Waals surface area contributed by atoms with E-state index in [2.05, 4.69) is 20.9 Å². The fourth-order valence-corrected chi connectivity index (χ4v) is 4.43. The lowest BCUT2D eigenvalue weighted by atomic mass is 9.97. The third-order valence-electron chi connectivity index (χ3n) is 5.63. The molecule has 0 saturated carbocycles. The fourth-order valence-electron chi connectivity index (χ4n) is 4.07. The Morgan fingerprint density at radius 1 is 1.09 bits per heavy atom. The van der Waals surface area contributed by atoms with Crippen molar-refractivity contribution in [3.63, 3.8) is 0 Å². The summed E-state index contributed by atoms with van der Waals surface area (Å²) in [5.41, 5.74) is 2.18. The molecule has 7 nitrogen and oxygen atoms in total. The second-order valence-electron chi connectivity index (χ2n) is 7.70. The van der Waals surface area contributed by atoms with E-state index < -0.39 is 17.9 Å². The molecule has 0 N–H and O–H groups in total. The summed E-state index contributed by atoms with van der Waals surface area (Å²) >= 11 is 3.39. The van der Waals surface area contributed by atoms with E-state index in [0.717, 1.165) is 10.0 Å². The summed E-state index contributed by atoms with van der Waals surface area (Å²) in [6.07, 6.45) is 1.61.